The number of likely N-dealkylation sites (tertiary alicyclic amines) is 1. The number of carbonyl (C=O) groups is 1. The van der Waals surface area contributed by atoms with Gasteiger partial charge in [0.2, 0.25) is 0 Å². The summed E-state index contributed by atoms with van der Waals surface area (Å²) in [6, 6.07) is 10.3. The summed E-state index contributed by atoms with van der Waals surface area (Å²) in [7, 11) is 0. The lowest BCUT2D eigenvalue weighted by molar-refractivity contribution is 0.0935. The van der Waals surface area contributed by atoms with E-state index in [4.69, 9.17) is 0 Å². The smallest absolute Gasteiger partial charge is 0.252 e. The molecule has 1 saturated heterocycles. The van der Waals surface area contributed by atoms with Crippen LogP contribution in [0.3, 0.4) is 0 Å². The third kappa shape index (κ3) is 4.61. The second kappa shape index (κ2) is 8.02. The molecule has 1 aliphatic heterocycles. The first kappa shape index (κ1) is 16.6. The molecule has 2 aromatic rings. The van der Waals surface area contributed by atoms with Crippen LogP contribution in [0.4, 0.5) is 4.39 Å². The van der Waals surface area contributed by atoms with Gasteiger partial charge >= 0.3 is 0 Å². The maximum absolute atomic E-state index is 13.2. The van der Waals surface area contributed by atoms with Crippen LogP contribution in [-0.2, 0) is 6.54 Å². The highest BCUT2D eigenvalue weighted by Gasteiger charge is 2.20. The minimum absolute atomic E-state index is 0.0645. The number of benzene rings is 1. The standard InChI is InChI=1S/C19H22FN3O/c20-18-5-1-3-16(11-18)14-23-9-6-15(7-10-23)12-22-19(24)17-4-2-8-21-13-17/h1-5,8,11,13,15H,6-7,9-10,12,14H2,(H,22,24). The van der Waals surface area contributed by atoms with Crippen LogP contribution in [0.25, 0.3) is 0 Å². The van der Waals surface area contributed by atoms with E-state index in [1.807, 2.05) is 6.07 Å². The molecule has 0 unspecified atom stereocenters. The third-order valence-electron chi connectivity index (χ3n) is 4.48. The molecule has 1 N–H and O–H groups in total. The van der Waals surface area contributed by atoms with Gasteiger partial charge in [0.25, 0.3) is 5.91 Å². The zero-order valence-corrected chi connectivity index (χ0v) is 13.6. The predicted octanol–water partition coefficient (Wildman–Crippen LogP) is 2.86. The average Bonchev–Trinajstić information content (AvgIpc) is 2.62. The third-order valence-corrected chi connectivity index (χ3v) is 4.48. The molecule has 4 nitrogen and oxygen atoms in total. The molecule has 24 heavy (non-hydrogen) atoms. The van der Waals surface area contributed by atoms with Crippen molar-refractivity contribution >= 4 is 5.91 Å². The lowest BCUT2D eigenvalue weighted by Gasteiger charge is -2.32. The van der Waals surface area contributed by atoms with E-state index >= 15 is 0 Å². The summed E-state index contributed by atoms with van der Waals surface area (Å²) in [4.78, 5) is 18.3. The van der Waals surface area contributed by atoms with Crippen molar-refractivity contribution in [3.63, 3.8) is 0 Å². The fourth-order valence-electron chi connectivity index (χ4n) is 3.08. The van der Waals surface area contributed by atoms with Crippen molar-refractivity contribution in [2.24, 2.45) is 5.92 Å². The van der Waals surface area contributed by atoms with Crippen LogP contribution < -0.4 is 5.32 Å². The molecule has 0 radical (unpaired) electrons. The number of hydrogen-bond acceptors (Lipinski definition) is 3. The summed E-state index contributed by atoms with van der Waals surface area (Å²) in [5, 5.41) is 2.99. The fourth-order valence-corrected chi connectivity index (χ4v) is 3.08. The molecule has 1 aliphatic rings. The molecule has 1 aromatic carbocycles. The monoisotopic (exact) mass is 327 g/mol. The number of pyridine rings is 1. The predicted molar refractivity (Wildman–Crippen MR) is 91.0 cm³/mol. The number of nitrogens with one attached hydrogen (secondary N) is 1. The van der Waals surface area contributed by atoms with E-state index in [9.17, 15) is 9.18 Å². The fraction of sp³-hybridized carbons (Fsp3) is 0.368. The Labute approximate surface area is 141 Å². The van der Waals surface area contributed by atoms with Crippen molar-refractivity contribution in [1.29, 1.82) is 0 Å². The number of nitrogens with zero attached hydrogens (tertiary/aromatic N) is 2. The first-order chi connectivity index (χ1) is 11.7. The van der Waals surface area contributed by atoms with Gasteiger partial charge in [-0.25, -0.2) is 4.39 Å². The summed E-state index contributed by atoms with van der Waals surface area (Å²) < 4.78 is 13.2. The Kier molecular flexibility index (Phi) is 5.54. The van der Waals surface area contributed by atoms with Crippen LogP contribution in [0.2, 0.25) is 0 Å². The van der Waals surface area contributed by atoms with Crippen molar-refractivity contribution in [2.45, 2.75) is 19.4 Å². The second-order valence-electron chi connectivity index (χ2n) is 6.30. The highest BCUT2D eigenvalue weighted by molar-refractivity contribution is 5.93. The molecule has 1 aromatic heterocycles. The topological polar surface area (TPSA) is 45.2 Å². The van der Waals surface area contributed by atoms with Gasteiger partial charge in [-0.05, 0) is 61.7 Å². The Balaban J connectivity index is 1.41. The van der Waals surface area contributed by atoms with E-state index in [0.29, 0.717) is 18.0 Å². The number of amides is 1. The van der Waals surface area contributed by atoms with Gasteiger partial charge in [0.1, 0.15) is 5.82 Å². The van der Waals surface area contributed by atoms with E-state index in [1.165, 1.54) is 6.07 Å². The molecule has 0 atom stereocenters. The van der Waals surface area contributed by atoms with E-state index in [0.717, 1.165) is 38.0 Å². The molecule has 3 rings (SSSR count). The minimum Gasteiger partial charge on any atom is -0.352 e. The van der Waals surface area contributed by atoms with E-state index in [2.05, 4.69) is 15.2 Å². The molecule has 0 bridgehead atoms. The molecule has 5 heteroatoms. The van der Waals surface area contributed by atoms with Crippen molar-refractivity contribution in [3.8, 4) is 0 Å². The summed E-state index contributed by atoms with van der Waals surface area (Å²) >= 11 is 0. The summed E-state index contributed by atoms with van der Waals surface area (Å²) in [6.45, 7) is 3.43. The van der Waals surface area contributed by atoms with Gasteiger partial charge in [-0.3, -0.25) is 14.7 Å². The van der Waals surface area contributed by atoms with E-state index in [1.54, 1.807) is 36.7 Å². The van der Waals surface area contributed by atoms with Gasteiger partial charge in [-0.1, -0.05) is 12.1 Å². The summed E-state index contributed by atoms with van der Waals surface area (Å²) in [5.41, 5.74) is 1.61. The Hall–Kier alpha value is -2.27. The molecular weight excluding hydrogens is 305 g/mol. The van der Waals surface area contributed by atoms with Crippen molar-refractivity contribution in [2.75, 3.05) is 19.6 Å². The van der Waals surface area contributed by atoms with Crippen LogP contribution in [0.5, 0.6) is 0 Å². The van der Waals surface area contributed by atoms with Crippen molar-refractivity contribution in [1.82, 2.24) is 15.2 Å². The van der Waals surface area contributed by atoms with Gasteiger partial charge in [0.05, 0.1) is 5.56 Å². The number of hydrogen-bond donors (Lipinski definition) is 1. The summed E-state index contributed by atoms with van der Waals surface area (Å²) in [5.74, 6) is 0.250. The molecule has 0 aliphatic carbocycles. The largest absolute Gasteiger partial charge is 0.352 e. The van der Waals surface area contributed by atoms with Crippen molar-refractivity contribution in [3.05, 3.63) is 65.7 Å². The molecule has 0 spiro atoms. The molecular formula is C19H22FN3O. The normalized spacial score (nSPS) is 16.0. The van der Waals surface area contributed by atoms with Gasteiger partial charge in [-0.2, -0.15) is 0 Å². The Morgan fingerprint density at radius 3 is 2.79 bits per heavy atom. The molecule has 2 heterocycles. The maximum atomic E-state index is 13.2. The van der Waals surface area contributed by atoms with Gasteiger partial charge < -0.3 is 5.32 Å². The number of piperidine rings is 1. The van der Waals surface area contributed by atoms with Crippen LogP contribution in [0.15, 0.2) is 48.8 Å². The van der Waals surface area contributed by atoms with Crippen LogP contribution in [0, 0.1) is 11.7 Å². The SMILES string of the molecule is O=C(NCC1CCN(Cc2cccc(F)c2)CC1)c1cccnc1. The molecule has 126 valence electrons. The lowest BCUT2D eigenvalue weighted by Crippen LogP contribution is -2.38. The lowest BCUT2D eigenvalue weighted by atomic mass is 9.96. The van der Waals surface area contributed by atoms with Gasteiger partial charge in [0, 0.05) is 25.5 Å². The van der Waals surface area contributed by atoms with Crippen LogP contribution >= 0.6 is 0 Å². The minimum atomic E-state index is -0.180. The van der Waals surface area contributed by atoms with Crippen molar-refractivity contribution < 1.29 is 9.18 Å². The van der Waals surface area contributed by atoms with Gasteiger partial charge in [0.15, 0.2) is 0 Å². The number of halogens is 1. The zero-order valence-electron chi connectivity index (χ0n) is 13.6. The van der Waals surface area contributed by atoms with Crippen LogP contribution in [-0.4, -0.2) is 35.4 Å². The first-order valence-corrected chi connectivity index (χ1v) is 8.36. The first-order valence-electron chi connectivity index (χ1n) is 8.36. The quantitative estimate of drug-likeness (QED) is 0.918. The number of aromatic nitrogens is 1. The highest BCUT2D eigenvalue weighted by Crippen LogP contribution is 2.19. The van der Waals surface area contributed by atoms with E-state index < -0.39 is 0 Å². The Morgan fingerprint density at radius 1 is 1.25 bits per heavy atom. The highest BCUT2D eigenvalue weighted by atomic mass is 19.1. The average molecular weight is 327 g/mol. The number of carbonyl (C=O) groups excluding carboxylic acids is 1. The Morgan fingerprint density at radius 2 is 2.08 bits per heavy atom. The Bertz CT molecular complexity index is 669. The molecule has 1 fully saturated rings. The second-order valence-corrected chi connectivity index (χ2v) is 6.30. The summed E-state index contributed by atoms with van der Waals surface area (Å²) in [6.07, 6.45) is 5.33. The molecule has 0 saturated carbocycles. The van der Waals surface area contributed by atoms with Crippen LogP contribution in [0.1, 0.15) is 28.8 Å². The van der Waals surface area contributed by atoms with E-state index in [-0.39, 0.29) is 11.7 Å². The maximum Gasteiger partial charge on any atom is 0.252 e. The van der Waals surface area contributed by atoms with Gasteiger partial charge in [-0.15, -0.1) is 0 Å². The zero-order chi connectivity index (χ0) is 16.8. The number of rotatable bonds is 5. The molecule has 1 amide bonds.